The molecule has 1 heterocycles. The van der Waals surface area contributed by atoms with Gasteiger partial charge in [-0.3, -0.25) is 14.4 Å². The number of nitrogens with zero attached hydrogens (tertiary/aromatic N) is 2. The van der Waals surface area contributed by atoms with E-state index >= 15 is 0 Å². The summed E-state index contributed by atoms with van der Waals surface area (Å²) in [5.41, 5.74) is 0.969. The van der Waals surface area contributed by atoms with Crippen LogP contribution in [0.5, 0.6) is 0 Å². The van der Waals surface area contributed by atoms with Crippen LogP contribution in [0, 0.1) is 0 Å². The molecule has 0 aliphatic rings. The molecule has 2 aromatic carbocycles. The maximum Gasteiger partial charge on any atom is 0.263 e. The number of hydrogen-bond acceptors (Lipinski definition) is 3. The van der Waals surface area contributed by atoms with Crippen LogP contribution >= 0.6 is 23.2 Å². The van der Waals surface area contributed by atoms with Crippen molar-refractivity contribution in [2.24, 2.45) is 0 Å². The number of benzene rings is 2. The fourth-order valence-electron chi connectivity index (χ4n) is 3.25. The van der Waals surface area contributed by atoms with Gasteiger partial charge in [0.2, 0.25) is 5.91 Å². The first kappa shape index (κ1) is 23.6. The molecule has 32 heavy (non-hydrogen) atoms. The van der Waals surface area contributed by atoms with Crippen LogP contribution in [0.15, 0.2) is 71.7 Å². The highest BCUT2D eigenvalue weighted by Gasteiger charge is 2.22. The summed E-state index contributed by atoms with van der Waals surface area (Å²) in [6.45, 7) is 2.36. The third-order valence-electron chi connectivity index (χ3n) is 4.77. The molecule has 2 amide bonds. The van der Waals surface area contributed by atoms with Gasteiger partial charge in [-0.25, -0.2) is 0 Å². The molecule has 0 atom stereocenters. The Morgan fingerprint density at radius 2 is 1.78 bits per heavy atom. The van der Waals surface area contributed by atoms with Gasteiger partial charge in [-0.05, 0) is 42.3 Å². The van der Waals surface area contributed by atoms with Gasteiger partial charge in [-0.1, -0.05) is 60.5 Å². The molecular formula is C24H23Cl2N3O3. The minimum absolute atomic E-state index is 0.0224. The molecule has 1 aromatic heterocycles. The number of pyridine rings is 1. The zero-order chi connectivity index (χ0) is 23.1. The Kier molecular flexibility index (Phi) is 8.09. The smallest absolute Gasteiger partial charge is 0.263 e. The zero-order valence-corrected chi connectivity index (χ0v) is 19.1. The van der Waals surface area contributed by atoms with Crippen molar-refractivity contribution >= 4 is 40.7 Å². The van der Waals surface area contributed by atoms with Crippen molar-refractivity contribution in [2.45, 2.75) is 19.9 Å². The molecule has 0 radical (unpaired) electrons. The minimum atomic E-state index is -0.489. The highest BCUT2D eigenvalue weighted by atomic mass is 35.5. The van der Waals surface area contributed by atoms with Crippen LogP contribution in [0.25, 0.3) is 0 Å². The molecule has 166 valence electrons. The Labute approximate surface area is 196 Å². The molecule has 0 fully saturated rings. The molecule has 0 aliphatic carbocycles. The average Bonchev–Trinajstić information content (AvgIpc) is 2.77. The minimum Gasteiger partial charge on any atom is -0.329 e. The summed E-state index contributed by atoms with van der Waals surface area (Å²) in [6, 6.07) is 17.4. The molecule has 0 spiro atoms. The Hall–Kier alpha value is -3.09. The van der Waals surface area contributed by atoms with Gasteiger partial charge in [0, 0.05) is 17.8 Å². The Balaban J connectivity index is 1.77. The van der Waals surface area contributed by atoms with Gasteiger partial charge in [-0.2, -0.15) is 0 Å². The van der Waals surface area contributed by atoms with E-state index in [1.54, 1.807) is 24.4 Å². The standard InChI is InChI=1S/C24H23Cl2N3O3/c1-2-12-28(16-22(30)27-21-11-10-18(25)14-20(21)26)23(31)19-9-6-13-29(24(19)32)15-17-7-4-3-5-8-17/h3-11,13-14H,2,12,15-16H2,1H3,(H,27,30). The van der Waals surface area contributed by atoms with E-state index in [2.05, 4.69) is 5.32 Å². The SMILES string of the molecule is CCCN(CC(=O)Nc1ccc(Cl)cc1Cl)C(=O)c1cccn(Cc2ccccc2)c1=O. The molecular weight excluding hydrogens is 449 g/mol. The molecule has 3 rings (SSSR count). The van der Waals surface area contributed by atoms with Gasteiger partial charge in [-0.15, -0.1) is 0 Å². The van der Waals surface area contributed by atoms with Crippen molar-refractivity contribution in [1.29, 1.82) is 0 Å². The van der Waals surface area contributed by atoms with E-state index < -0.39 is 17.4 Å². The third kappa shape index (κ3) is 5.99. The van der Waals surface area contributed by atoms with Gasteiger partial charge in [0.25, 0.3) is 11.5 Å². The maximum atomic E-state index is 13.1. The highest BCUT2D eigenvalue weighted by Crippen LogP contribution is 2.25. The average molecular weight is 472 g/mol. The van der Waals surface area contributed by atoms with E-state index in [0.717, 1.165) is 5.56 Å². The number of nitrogens with one attached hydrogen (secondary N) is 1. The quantitative estimate of drug-likeness (QED) is 0.517. The summed E-state index contributed by atoms with van der Waals surface area (Å²) in [6.07, 6.45) is 2.28. The lowest BCUT2D eigenvalue weighted by Crippen LogP contribution is -2.41. The van der Waals surface area contributed by atoms with Crippen molar-refractivity contribution < 1.29 is 9.59 Å². The molecule has 0 unspecified atom stereocenters. The number of carbonyl (C=O) groups excluding carboxylic acids is 2. The Morgan fingerprint density at radius 1 is 1.03 bits per heavy atom. The van der Waals surface area contributed by atoms with E-state index in [9.17, 15) is 14.4 Å². The summed E-state index contributed by atoms with van der Waals surface area (Å²) < 4.78 is 1.49. The predicted molar refractivity (Wildman–Crippen MR) is 128 cm³/mol. The number of aromatic nitrogens is 1. The summed E-state index contributed by atoms with van der Waals surface area (Å²) in [5, 5.41) is 3.43. The third-order valence-corrected chi connectivity index (χ3v) is 5.31. The van der Waals surface area contributed by atoms with Gasteiger partial charge < -0.3 is 14.8 Å². The highest BCUT2D eigenvalue weighted by molar-refractivity contribution is 6.36. The largest absolute Gasteiger partial charge is 0.329 e. The summed E-state index contributed by atoms with van der Waals surface area (Å²) in [4.78, 5) is 40.1. The Bertz CT molecular complexity index is 1160. The Morgan fingerprint density at radius 3 is 2.47 bits per heavy atom. The maximum absolute atomic E-state index is 13.1. The first-order valence-electron chi connectivity index (χ1n) is 10.2. The molecule has 0 bridgehead atoms. The molecule has 0 saturated heterocycles. The first-order valence-corrected chi connectivity index (χ1v) is 10.9. The van der Waals surface area contributed by atoms with E-state index in [4.69, 9.17) is 23.2 Å². The van der Waals surface area contributed by atoms with Crippen LogP contribution in [-0.2, 0) is 11.3 Å². The molecule has 1 N–H and O–H groups in total. The number of hydrogen-bond donors (Lipinski definition) is 1. The van der Waals surface area contributed by atoms with Crippen LogP contribution in [0.1, 0.15) is 29.3 Å². The monoisotopic (exact) mass is 471 g/mol. The zero-order valence-electron chi connectivity index (χ0n) is 17.6. The van der Waals surface area contributed by atoms with Crippen LogP contribution in [-0.4, -0.2) is 34.4 Å². The van der Waals surface area contributed by atoms with E-state index in [0.29, 0.717) is 35.2 Å². The fraction of sp³-hybridized carbons (Fsp3) is 0.208. The first-order chi connectivity index (χ1) is 15.4. The molecule has 8 heteroatoms. The van der Waals surface area contributed by atoms with Crippen LogP contribution < -0.4 is 10.9 Å². The predicted octanol–water partition coefficient (Wildman–Crippen LogP) is 4.69. The van der Waals surface area contributed by atoms with Crippen molar-refractivity contribution in [3.63, 3.8) is 0 Å². The van der Waals surface area contributed by atoms with Crippen LogP contribution in [0.4, 0.5) is 5.69 Å². The second-order valence-electron chi connectivity index (χ2n) is 7.24. The summed E-state index contributed by atoms with van der Waals surface area (Å²) >= 11 is 12.0. The van der Waals surface area contributed by atoms with Crippen LogP contribution in [0.2, 0.25) is 10.0 Å². The summed E-state index contributed by atoms with van der Waals surface area (Å²) in [7, 11) is 0. The normalized spacial score (nSPS) is 10.6. The van der Waals surface area contributed by atoms with Crippen molar-refractivity contribution in [1.82, 2.24) is 9.47 Å². The molecule has 0 aliphatic heterocycles. The van der Waals surface area contributed by atoms with E-state index in [1.807, 2.05) is 37.3 Å². The second-order valence-corrected chi connectivity index (χ2v) is 8.08. The topological polar surface area (TPSA) is 71.4 Å². The van der Waals surface area contributed by atoms with Crippen molar-refractivity contribution in [3.05, 3.63) is 98.4 Å². The van der Waals surface area contributed by atoms with Gasteiger partial charge in [0.05, 0.1) is 17.3 Å². The van der Waals surface area contributed by atoms with Crippen molar-refractivity contribution in [3.8, 4) is 0 Å². The number of rotatable bonds is 8. The lowest BCUT2D eigenvalue weighted by molar-refractivity contribution is -0.116. The second kappa shape index (κ2) is 11.0. The van der Waals surface area contributed by atoms with Gasteiger partial charge >= 0.3 is 0 Å². The van der Waals surface area contributed by atoms with E-state index in [1.165, 1.54) is 21.6 Å². The lowest BCUT2D eigenvalue weighted by atomic mass is 10.2. The van der Waals surface area contributed by atoms with Crippen LogP contribution in [0.3, 0.4) is 0 Å². The number of halogens is 2. The van der Waals surface area contributed by atoms with E-state index in [-0.39, 0.29) is 12.1 Å². The number of anilines is 1. The lowest BCUT2D eigenvalue weighted by Gasteiger charge is -2.22. The summed E-state index contributed by atoms with van der Waals surface area (Å²) in [5.74, 6) is -0.909. The van der Waals surface area contributed by atoms with Gasteiger partial charge in [0.1, 0.15) is 12.1 Å². The van der Waals surface area contributed by atoms with Crippen molar-refractivity contribution in [2.75, 3.05) is 18.4 Å². The number of amides is 2. The molecule has 6 nitrogen and oxygen atoms in total. The van der Waals surface area contributed by atoms with Gasteiger partial charge in [0.15, 0.2) is 0 Å². The molecule has 0 saturated carbocycles. The fourth-order valence-corrected chi connectivity index (χ4v) is 3.71. The number of carbonyl (C=O) groups is 2. The molecule has 3 aromatic rings.